The number of pyridine rings is 1. The molecule has 31 heavy (non-hydrogen) atoms. The molecule has 1 unspecified atom stereocenters. The fourth-order valence-electron chi connectivity index (χ4n) is 3.15. The van der Waals surface area contributed by atoms with E-state index in [1.165, 1.54) is 0 Å². The number of anilines is 1. The van der Waals surface area contributed by atoms with E-state index in [2.05, 4.69) is 10.3 Å². The number of methoxy groups -OCH3 is 1. The van der Waals surface area contributed by atoms with Crippen LogP contribution in [-0.4, -0.2) is 30.9 Å². The number of aryl methyl sites for hydroxylation is 1. The van der Waals surface area contributed by atoms with Crippen molar-refractivity contribution in [2.24, 2.45) is 0 Å². The molecule has 0 saturated carbocycles. The van der Waals surface area contributed by atoms with E-state index in [0.717, 1.165) is 11.1 Å². The van der Waals surface area contributed by atoms with Crippen molar-refractivity contribution in [1.82, 2.24) is 4.98 Å². The molecule has 1 heterocycles. The van der Waals surface area contributed by atoms with Crippen LogP contribution in [0.5, 0.6) is 5.75 Å². The highest BCUT2D eigenvalue weighted by Crippen LogP contribution is 2.24. The molecule has 3 rings (SSSR count). The van der Waals surface area contributed by atoms with Gasteiger partial charge in [0.2, 0.25) is 0 Å². The molecule has 0 fully saturated rings. The highest BCUT2D eigenvalue weighted by atomic mass is 16.7. The summed E-state index contributed by atoms with van der Waals surface area (Å²) in [6.45, 7) is 2.90. The number of rotatable bonds is 11. The molecule has 6 heteroatoms. The zero-order valence-corrected chi connectivity index (χ0v) is 17.9. The molecule has 0 bridgehead atoms. The van der Waals surface area contributed by atoms with Crippen molar-refractivity contribution in [1.29, 1.82) is 0 Å². The Hall–Kier alpha value is -3.22. The Morgan fingerprint density at radius 3 is 2.61 bits per heavy atom. The lowest BCUT2D eigenvalue weighted by molar-refractivity contribution is -0.123. The first kappa shape index (κ1) is 22.5. The van der Waals surface area contributed by atoms with Gasteiger partial charge in [-0.1, -0.05) is 36.4 Å². The Morgan fingerprint density at radius 2 is 1.90 bits per heavy atom. The van der Waals surface area contributed by atoms with Crippen LogP contribution in [0.4, 0.5) is 5.69 Å². The zero-order valence-electron chi connectivity index (χ0n) is 17.9. The monoisotopic (exact) mass is 420 g/mol. The molecule has 6 nitrogen and oxygen atoms in total. The zero-order chi connectivity index (χ0) is 21.9. The average Bonchev–Trinajstić information content (AvgIpc) is 2.82. The van der Waals surface area contributed by atoms with Crippen LogP contribution in [0.15, 0.2) is 73.1 Å². The van der Waals surface area contributed by atoms with Gasteiger partial charge in [-0.15, -0.1) is 0 Å². The van der Waals surface area contributed by atoms with Gasteiger partial charge in [-0.2, -0.15) is 0 Å². The molecular weight excluding hydrogens is 392 g/mol. The second-order valence-corrected chi connectivity index (χ2v) is 6.96. The molecule has 1 atom stereocenters. The van der Waals surface area contributed by atoms with Crippen LogP contribution in [0.25, 0.3) is 0 Å². The molecule has 0 aliphatic carbocycles. The van der Waals surface area contributed by atoms with Crippen LogP contribution in [0.2, 0.25) is 0 Å². The molecule has 0 aliphatic rings. The molecule has 0 aliphatic heterocycles. The fraction of sp³-hybridized carbons (Fsp3) is 0.280. The van der Waals surface area contributed by atoms with Gasteiger partial charge in [0.15, 0.2) is 6.29 Å². The van der Waals surface area contributed by atoms with E-state index in [4.69, 9.17) is 14.2 Å². The van der Waals surface area contributed by atoms with Gasteiger partial charge in [0.05, 0.1) is 17.4 Å². The normalized spacial score (nSPS) is 11.7. The van der Waals surface area contributed by atoms with Crippen molar-refractivity contribution in [2.45, 2.75) is 32.7 Å². The van der Waals surface area contributed by atoms with E-state index in [0.29, 0.717) is 43.1 Å². The Morgan fingerprint density at radius 1 is 1.06 bits per heavy atom. The molecule has 0 saturated heterocycles. The molecule has 162 valence electrons. The van der Waals surface area contributed by atoms with E-state index < -0.39 is 0 Å². The van der Waals surface area contributed by atoms with Crippen LogP contribution in [0.1, 0.15) is 34.8 Å². The van der Waals surface area contributed by atoms with Crippen molar-refractivity contribution < 1.29 is 19.0 Å². The summed E-state index contributed by atoms with van der Waals surface area (Å²) in [5.41, 5.74) is 3.14. The summed E-state index contributed by atoms with van der Waals surface area (Å²) in [6, 6.07) is 19.1. The number of carbonyl (C=O) groups is 1. The van der Waals surface area contributed by atoms with Crippen LogP contribution >= 0.6 is 0 Å². The molecule has 0 spiro atoms. The molecule has 0 radical (unpaired) electrons. The van der Waals surface area contributed by atoms with Crippen LogP contribution < -0.4 is 10.1 Å². The number of nitrogens with zero attached hydrogens (tertiary/aromatic N) is 1. The Labute approximate surface area is 183 Å². The SMILES string of the molecule is CCOC(CCc1ccc(OCc2ccccc2)c(C(=O)Nc2cccnc2)c1)OC. The third-order valence-corrected chi connectivity index (χ3v) is 4.73. The highest BCUT2D eigenvalue weighted by Gasteiger charge is 2.16. The Kier molecular flexibility index (Phi) is 8.58. The lowest BCUT2D eigenvalue weighted by Crippen LogP contribution is -2.17. The minimum atomic E-state index is -0.272. The lowest BCUT2D eigenvalue weighted by Gasteiger charge is -2.16. The summed E-state index contributed by atoms with van der Waals surface area (Å²) in [5.74, 6) is 0.285. The van der Waals surface area contributed by atoms with Crippen molar-refractivity contribution in [2.75, 3.05) is 19.0 Å². The molecule has 1 amide bonds. The lowest BCUT2D eigenvalue weighted by atomic mass is 10.0. The van der Waals surface area contributed by atoms with Gasteiger partial charge in [-0.25, -0.2) is 0 Å². The number of benzene rings is 2. The predicted molar refractivity (Wildman–Crippen MR) is 120 cm³/mol. The van der Waals surface area contributed by atoms with Gasteiger partial charge in [0.25, 0.3) is 5.91 Å². The number of amides is 1. The number of nitrogens with one attached hydrogen (secondary N) is 1. The van der Waals surface area contributed by atoms with E-state index >= 15 is 0 Å². The molecule has 1 aromatic heterocycles. The minimum absolute atomic E-state index is 0.244. The number of ether oxygens (including phenoxy) is 3. The van der Waals surface area contributed by atoms with Gasteiger partial charge in [0, 0.05) is 26.3 Å². The summed E-state index contributed by atoms with van der Waals surface area (Å²) in [6.07, 6.45) is 4.40. The number of carbonyl (C=O) groups excluding carboxylic acids is 1. The molecule has 3 aromatic rings. The topological polar surface area (TPSA) is 69.7 Å². The van der Waals surface area contributed by atoms with Crippen molar-refractivity contribution in [3.8, 4) is 5.75 Å². The van der Waals surface area contributed by atoms with Gasteiger partial charge < -0.3 is 19.5 Å². The second kappa shape index (κ2) is 11.8. The van der Waals surface area contributed by atoms with E-state index in [1.54, 1.807) is 31.6 Å². The predicted octanol–water partition coefficient (Wildman–Crippen LogP) is 4.85. The first-order valence-electron chi connectivity index (χ1n) is 10.3. The van der Waals surface area contributed by atoms with Crippen LogP contribution in [0, 0.1) is 0 Å². The second-order valence-electron chi connectivity index (χ2n) is 6.96. The third kappa shape index (κ3) is 6.91. The van der Waals surface area contributed by atoms with Gasteiger partial charge in [-0.05, 0) is 48.7 Å². The maximum atomic E-state index is 13.0. The van der Waals surface area contributed by atoms with Crippen LogP contribution in [-0.2, 0) is 22.5 Å². The summed E-state index contributed by atoms with van der Waals surface area (Å²) < 4.78 is 16.9. The number of hydrogen-bond acceptors (Lipinski definition) is 5. The van der Waals surface area contributed by atoms with E-state index in [1.807, 2.05) is 55.5 Å². The number of aromatic nitrogens is 1. The molecule has 2 aromatic carbocycles. The first-order valence-corrected chi connectivity index (χ1v) is 10.3. The van der Waals surface area contributed by atoms with Gasteiger partial charge in [0.1, 0.15) is 12.4 Å². The highest BCUT2D eigenvalue weighted by molar-refractivity contribution is 6.06. The summed E-state index contributed by atoms with van der Waals surface area (Å²) >= 11 is 0. The smallest absolute Gasteiger partial charge is 0.259 e. The molecular formula is C25H28N2O4. The quantitative estimate of drug-likeness (QED) is 0.449. The van der Waals surface area contributed by atoms with Gasteiger partial charge in [-0.3, -0.25) is 9.78 Å². The maximum Gasteiger partial charge on any atom is 0.259 e. The maximum absolute atomic E-state index is 13.0. The largest absolute Gasteiger partial charge is 0.488 e. The summed E-state index contributed by atoms with van der Waals surface area (Å²) in [7, 11) is 1.63. The average molecular weight is 421 g/mol. The first-order chi connectivity index (χ1) is 15.2. The standard InChI is InChI=1S/C25H28N2O4/c1-3-30-24(29-2)14-12-19-11-13-23(31-18-20-8-5-4-6-9-20)22(16-19)25(28)27-21-10-7-15-26-17-21/h4-11,13,15-17,24H,3,12,14,18H2,1-2H3,(H,27,28). The minimum Gasteiger partial charge on any atom is -0.488 e. The van der Waals surface area contributed by atoms with Crippen molar-refractivity contribution >= 4 is 11.6 Å². The van der Waals surface area contributed by atoms with Crippen molar-refractivity contribution in [3.63, 3.8) is 0 Å². The fourth-order valence-corrected chi connectivity index (χ4v) is 3.15. The van der Waals surface area contributed by atoms with Crippen molar-refractivity contribution in [3.05, 3.63) is 89.7 Å². The van der Waals surface area contributed by atoms with E-state index in [9.17, 15) is 4.79 Å². The summed E-state index contributed by atoms with van der Waals surface area (Å²) in [4.78, 5) is 17.1. The van der Waals surface area contributed by atoms with Gasteiger partial charge >= 0.3 is 0 Å². The number of hydrogen-bond donors (Lipinski definition) is 1. The molecule has 1 N–H and O–H groups in total. The summed E-state index contributed by atoms with van der Waals surface area (Å²) in [5, 5.41) is 2.89. The Bertz CT molecular complexity index is 948. The Balaban J connectivity index is 1.78. The van der Waals surface area contributed by atoms with E-state index in [-0.39, 0.29) is 12.2 Å². The third-order valence-electron chi connectivity index (χ3n) is 4.73. The van der Waals surface area contributed by atoms with Crippen LogP contribution in [0.3, 0.4) is 0 Å².